The number of carbonyl (C=O) groups excluding carboxylic acids is 1. The van der Waals surface area contributed by atoms with Crippen LogP contribution in [0.15, 0.2) is 24.3 Å². The molecule has 114 valence electrons. The maximum atomic E-state index is 13.8. The van der Waals surface area contributed by atoms with Crippen molar-refractivity contribution >= 4 is 17.7 Å². The third kappa shape index (κ3) is 3.98. The van der Waals surface area contributed by atoms with Crippen LogP contribution in [0.3, 0.4) is 0 Å². The van der Waals surface area contributed by atoms with Crippen molar-refractivity contribution in [3.05, 3.63) is 35.6 Å². The van der Waals surface area contributed by atoms with Crippen molar-refractivity contribution in [1.82, 2.24) is 9.80 Å². The van der Waals surface area contributed by atoms with Gasteiger partial charge in [-0.05, 0) is 18.9 Å². The molecule has 0 radical (unpaired) electrons. The van der Waals surface area contributed by atoms with Crippen LogP contribution in [0.2, 0.25) is 0 Å². The Balaban J connectivity index is 1.63. The highest BCUT2D eigenvalue weighted by Gasteiger charge is 2.33. The molecule has 0 unspecified atom stereocenters. The molecule has 1 saturated carbocycles. The average molecular weight is 308 g/mol. The Morgan fingerprint density at radius 3 is 2.67 bits per heavy atom. The van der Waals surface area contributed by atoms with Gasteiger partial charge >= 0.3 is 0 Å². The summed E-state index contributed by atoms with van der Waals surface area (Å²) in [5, 5.41) is 0. The monoisotopic (exact) mass is 308 g/mol. The summed E-state index contributed by atoms with van der Waals surface area (Å²) in [6.45, 7) is 2.84. The van der Waals surface area contributed by atoms with E-state index < -0.39 is 0 Å². The summed E-state index contributed by atoms with van der Waals surface area (Å²) in [4.78, 5) is 16.7. The zero-order chi connectivity index (χ0) is 14.7. The van der Waals surface area contributed by atoms with Crippen LogP contribution in [-0.4, -0.2) is 52.9 Å². The number of hydrogen-bond acceptors (Lipinski definition) is 3. The molecule has 5 heteroatoms. The molecular formula is C16H21FN2OS. The van der Waals surface area contributed by atoms with Crippen molar-refractivity contribution in [1.29, 1.82) is 0 Å². The van der Waals surface area contributed by atoms with Crippen molar-refractivity contribution < 1.29 is 9.18 Å². The van der Waals surface area contributed by atoms with E-state index >= 15 is 0 Å². The molecule has 1 heterocycles. The minimum absolute atomic E-state index is 0.146. The van der Waals surface area contributed by atoms with E-state index in [1.165, 1.54) is 6.07 Å². The lowest BCUT2D eigenvalue weighted by atomic mass is 10.2. The molecule has 1 aromatic carbocycles. The quantitative estimate of drug-likeness (QED) is 0.834. The smallest absolute Gasteiger partial charge is 0.237 e. The van der Waals surface area contributed by atoms with Gasteiger partial charge in [0.1, 0.15) is 5.82 Å². The largest absolute Gasteiger partial charge is 0.334 e. The average Bonchev–Trinajstić information content (AvgIpc) is 3.32. The number of thioether (sulfide) groups is 1. The Hall–Kier alpha value is -1.07. The highest BCUT2D eigenvalue weighted by molar-refractivity contribution is 7.99. The molecule has 21 heavy (non-hydrogen) atoms. The van der Waals surface area contributed by atoms with Crippen LogP contribution in [0.5, 0.6) is 0 Å². The molecule has 1 aromatic rings. The van der Waals surface area contributed by atoms with E-state index in [4.69, 9.17) is 0 Å². The number of hydrogen-bond donors (Lipinski definition) is 0. The van der Waals surface area contributed by atoms with Gasteiger partial charge in [0.15, 0.2) is 0 Å². The number of rotatable bonds is 5. The van der Waals surface area contributed by atoms with Gasteiger partial charge in [0.05, 0.1) is 6.54 Å². The first-order chi connectivity index (χ1) is 10.2. The van der Waals surface area contributed by atoms with Crippen LogP contribution in [-0.2, 0) is 11.3 Å². The number of carbonyl (C=O) groups is 1. The van der Waals surface area contributed by atoms with Gasteiger partial charge in [-0.3, -0.25) is 9.69 Å². The summed E-state index contributed by atoms with van der Waals surface area (Å²) in [6.07, 6.45) is 2.10. The molecule has 2 aliphatic rings. The van der Waals surface area contributed by atoms with E-state index in [2.05, 4.69) is 4.90 Å². The van der Waals surface area contributed by atoms with Crippen molar-refractivity contribution in [2.45, 2.75) is 25.4 Å². The fourth-order valence-electron chi connectivity index (χ4n) is 2.66. The van der Waals surface area contributed by atoms with Crippen molar-refractivity contribution in [3.8, 4) is 0 Å². The van der Waals surface area contributed by atoms with E-state index in [-0.39, 0.29) is 11.7 Å². The fraction of sp³-hybridized carbons (Fsp3) is 0.562. The molecule has 1 aliphatic carbocycles. The Bertz CT molecular complexity index is 501. The molecule has 1 saturated heterocycles. The third-order valence-corrected chi connectivity index (χ3v) is 5.01. The molecule has 0 bridgehead atoms. The topological polar surface area (TPSA) is 23.6 Å². The van der Waals surface area contributed by atoms with E-state index in [9.17, 15) is 9.18 Å². The molecule has 3 nitrogen and oxygen atoms in total. The molecule has 1 amide bonds. The molecule has 0 aromatic heterocycles. The van der Waals surface area contributed by atoms with Crippen LogP contribution >= 0.6 is 11.8 Å². The summed E-state index contributed by atoms with van der Waals surface area (Å²) in [6, 6.07) is 7.07. The number of halogens is 1. The summed E-state index contributed by atoms with van der Waals surface area (Å²) < 4.78 is 13.8. The normalized spacial score (nSPS) is 19.5. The Morgan fingerprint density at radius 1 is 1.29 bits per heavy atom. The Morgan fingerprint density at radius 2 is 2.00 bits per heavy atom. The zero-order valence-electron chi connectivity index (χ0n) is 12.1. The van der Waals surface area contributed by atoms with Crippen LogP contribution in [0, 0.1) is 5.82 Å². The van der Waals surface area contributed by atoms with Crippen LogP contribution in [0.4, 0.5) is 4.39 Å². The predicted molar refractivity (Wildman–Crippen MR) is 83.7 cm³/mol. The first kappa shape index (κ1) is 14.9. The SMILES string of the molecule is O=C(CN1CCSCC1)N(Cc1ccccc1F)C1CC1. The minimum Gasteiger partial charge on any atom is -0.334 e. The van der Waals surface area contributed by atoms with Crippen LogP contribution in [0.25, 0.3) is 0 Å². The second-order valence-electron chi connectivity index (χ2n) is 5.73. The van der Waals surface area contributed by atoms with Gasteiger partial charge in [0.25, 0.3) is 0 Å². The molecule has 1 aliphatic heterocycles. The van der Waals surface area contributed by atoms with Gasteiger partial charge in [0, 0.05) is 42.7 Å². The predicted octanol–water partition coefficient (Wildman–Crippen LogP) is 2.37. The first-order valence-corrected chi connectivity index (χ1v) is 8.72. The lowest BCUT2D eigenvalue weighted by molar-refractivity contribution is -0.133. The second-order valence-corrected chi connectivity index (χ2v) is 6.96. The van der Waals surface area contributed by atoms with E-state index in [0.29, 0.717) is 24.7 Å². The highest BCUT2D eigenvalue weighted by Crippen LogP contribution is 2.29. The molecule has 0 N–H and O–H groups in total. The van der Waals surface area contributed by atoms with Gasteiger partial charge < -0.3 is 4.90 Å². The maximum Gasteiger partial charge on any atom is 0.237 e. The number of amides is 1. The van der Waals surface area contributed by atoms with E-state index in [0.717, 1.165) is 37.4 Å². The van der Waals surface area contributed by atoms with Crippen molar-refractivity contribution in [3.63, 3.8) is 0 Å². The number of benzene rings is 1. The molecule has 0 spiro atoms. The fourth-order valence-corrected chi connectivity index (χ4v) is 3.64. The lowest BCUT2D eigenvalue weighted by Crippen LogP contribution is -2.44. The summed E-state index contributed by atoms with van der Waals surface area (Å²) >= 11 is 1.94. The van der Waals surface area contributed by atoms with Gasteiger partial charge in [-0.1, -0.05) is 18.2 Å². The van der Waals surface area contributed by atoms with Crippen LogP contribution < -0.4 is 0 Å². The van der Waals surface area contributed by atoms with E-state index in [1.807, 2.05) is 22.7 Å². The minimum atomic E-state index is -0.217. The standard InChI is InChI=1S/C16H21FN2OS/c17-15-4-2-1-3-13(15)11-19(14-5-6-14)16(20)12-18-7-9-21-10-8-18/h1-4,14H,5-12H2. The van der Waals surface area contributed by atoms with Crippen molar-refractivity contribution in [2.24, 2.45) is 0 Å². The van der Waals surface area contributed by atoms with E-state index in [1.54, 1.807) is 12.1 Å². The molecule has 2 fully saturated rings. The van der Waals surface area contributed by atoms with Gasteiger partial charge in [-0.15, -0.1) is 0 Å². The van der Waals surface area contributed by atoms with Gasteiger partial charge in [-0.25, -0.2) is 4.39 Å². The van der Waals surface area contributed by atoms with Gasteiger partial charge in [0.2, 0.25) is 5.91 Å². The lowest BCUT2D eigenvalue weighted by Gasteiger charge is -2.29. The second kappa shape index (κ2) is 6.79. The summed E-state index contributed by atoms with van der Waals surface area (Å²) in [7, 11) is 0. The highest BCUT2D eigenvalue weighted by atomic mass is 32.2. The third-order valence-electron chi connectivity index (χ3n) is 4.07. The summed E-state index contributed by atoms with van der Waals surface area (Å²) in [5.74, 6) is 2.13. The molecule has 3 rings (SSSR count). The van der Waals surface area contributed by atoms with Gasteiger partial charge in [-0.2, -0.15) is 11.8 Å². The molecular weight excluding hydrogens is 287 g/mol. The van der Waals surface area contributed by atoms with Crippen LogP contribution in [0.1, 0.15) is 18.4 Å². The zero-order valence-corrected chi connectivity index (χ0v) is 12.9. The van der Waals surface area contributed by atoms with Crippen molar-refractivity contribution in [2.75, 3.05) is 31.1 Å². The number of nitrogens with zero attached hydrogens (tertiary/aromatic N) is 2. The Labute approximate surface area is 129 Å². The Kier molecular flexibility index (Phi) is 4.80. The first-order valence-electron chi connectivity index (χ1n) is 7.57. The summed E-state index contributed by atoms with van der Waals surface area (Å²) in [5.41, 5.74) is 0.618. The molecule has 0 atom stereocenters. The maximum absolute atomic E-state index is 13.8.